The van der Waals surface area contributed by atoms with Crippen molar-refractivity contribution in [2.45, 2.75) is 105 Å². The number of hydrogen-bond acceptors (Lipinski definition) is 15. The molecule has 216 valence electrons. The third-order valence-electron chi connectivity index (χ3n) is 7.01. The van der Waals surface area contributed by atoms with E-state index in [4.69, 9.17) is 41.9 Å². The van der Waals surface area contributed by atoms with Gasteiger partial charge in [0.2, 0.25) is 5.91 Å². The highest BCUT2D eigenvalue weighted by Crippen LogP contribution is 2.32. The van der Waals surface area contributed by atoms with Crippen LogP contribution in [0.4, 0.5) is 0 Å². The first-order chi connectivity index (χ1) is 17.5. The lowest BCUT2D eigenvalue weighted by molar-refractivity contribution is -0.280. The molecule has 0 aromatic heterocycles. The predicted molar refractivity (Wildman–Crippen MR) is 124 cm³/mol. The second-order valence-electron chi connectivity index (χ2n) is 9.76. The van der Waals surface area contributed by atoms with Gasteiger partial charge in [-0.2, -0.15) is 0 Å². The van der Waals surface area contributed by atoms with E-state index in [1.54, 1.807) is 0 Å². The van der Waals surface area contributed by atoms with Crippen LogP contribution in [-0.4, -0.2) is 142 Å². The van der Waals surface area contributed by atoms with Crippen molar-refractivity contribution in [2.24, 2.45) is 22.9 Å². The van der Waals surface area contributed by atoms with E-state index >= 15 is 0 Å². The minimum absolute atomic E-state index is 0.0447. The molecule has 0 bridgehead atoms. The summed E-state index contributed by atoms with van der Waals surface area (Å²) in [6.07, 6.45) is -13.3. The Morgan fingerprint density at radius 2 is 1.62 bits per heavy atom. The number of nitrogens with two attached hydrogens (primary N) is 4. The second kappa shape index (κ2) is 13.3. The van der Waals surface area contributed by atoms with Crippen molar-refractivity contribution in [1.82, 2.24) is 5.32 Å². The Hall–Kier alpha value is -1.09. The number of amides is 1. The van der Waals surface area contributed by atoms with Gasteiger partial charge in [-0.3, -0.25) is 4.79 Å². The fourth-order valence-corrected chi connectivity index (χ4v) is 4.84. The molecule has 2 aliphatic heterocycles. The molecule has 16 heteroatoms. The average molecular weight is 540 g/mol. The van der Waals surface area contributed by atoms with Gasteiger partial charge in [-0.25, -0.2) is 0 Å². The Balaban J connectivity index is 1.65. The molecule has 3 aliphatic rings. The molecule has 37 heavy (non-hydrogen) atoms. The minimum Gasteiger partial charge on any atom is -0.394 e. The molecule has 3 fully saturated rings. The molecular formula is C21H41N5O11. The molecule has 14 atom stereocenters. The largest absolute Gasteiger partial charge is 0.394 e. The van der Waals surface area contributed by atoms with Gasteiger partial charge in [-0.1, -0.05) is 0 Å². The van der Waals surface area contributed by atoms with E-state index in [1.165, 1.54) is 0 Å². The van der Waals surface area contributed by atoms with E-state index in [2.05, 4.69) is 5.32 Å². The van der Waals surface area contributed by atoms with Crippen molar-refractivity contribution < 1.29 is 54.4 Å². The molecule has 3 rings (SSSR count). The number of nitrogens with one attached hydrogen (secondary N) is 1. The molecule has 0 radical (unpaired) electrons. The van der Waals surface area contributed by atoms with Crippen LogP contribution in [-0.2, 0) is 23.7 Å². The van der Waals surface area contributed by atoms with Gasteiger partial charge in [0, 0.05) is 12.6 Å². The van der Waals surface area contributed by atoms with Gasteiger partial charge in [-0.05, 0) is 25.8 Å². The number of aliphatic hydroxyl groups excluding tert-OH is 6. The zero-order chi connectivity index (χ0) is 27.4. The van der Waals surface area contributed by atoms with E-state index in [-0.39, 0.29) is 32.4 Å². The molecule has 2 heterocycles. The van der Waals surface area contributed by atoms with Crippen molar-refractivity contribution in [3.05, 3.63) is 0 Å². The van der Waals surface area contributed by atoms with Crippen molar-refractivity contribution in [3.8, 4) is 0 Å². The summed E-state index contributed by atoms with van der Waals surface area (Å²) in [5, 5.41) is 64.1. The van der Waals surface area contributed by atoms with Crippen molar-refractivity contribution in [2.75, 3.05) is 19.7 Å². The summed E-state index contributed by atoms with van der Waals surface area (Å²) in [5.41, 5.74) is 23.0. The Kier molecular flexibility index (Phi) is 11.0. The highest BCUT2D eigenvalue weighted by Gasteiger charge is 2.51. The Labute approximate surface area is 213 Å². The van der Waals surface area contributed by atoms with Crippen LogP contribution < -0.4 is 28.3 Å². The minimum atomic E-state index is -1.49. The van der Waals surface area contributed by atoms with Gasteiger partial charge in [0.1, 0.15) is 48.8 Å². The SMILES string of the molecule is NCC[C@H](O)C(=O)N[C@@H]1C[C@H](N)C[C@H](O[C@@H]2O[C@H](CO)[C@@H](O[C@H]3O[C@@H](CN)[C@@H](O)[C@H](O)[C@H]3N)[C@H]2O)[C@H]1O. The summed E-state index contributed by atoms with van der Waals surface area (Å²) < 4.78 is 22.7. The van der Waals surface area contributed by atoms with E-state index in [0.717, 1.165) is 0 Å². The van der Waals surface area contributed by atoms with E-state index in [1.807, 2.05) is 0 Å². The van der Waals surface area contributed by atoms with Gasteiger partial charge in [0.05, 0.1) is 24.8 Å². The van der Waals surface area contributed by atoms with E-state index in [0.29, 0.717) is 0 Å². The number of carbonyl (C=O) groups excluding carboxylic acids is 1. The highest BCUT2D eigenvalue weighted by atomic mass is 16.7. The third kappa shape index (κ3) is 6.92. The van der Waals surface area contributed by atoms with Crippen LogP contribution in [0.25, 0.3) is 0 Å². The predicted octanol–water partition coefficient (Wildman–Crippen LogP) is -6.76. The van der Waals surface area contributed by atoms with Gasteiger partial charge in [0.25, 0.3) is 0 Å². The number of carbonyl (C=O) groups is 1. The molecule has 15 N–H and O–H groups in total. The first kappa shape index (κ1) is 30.5. The lowest BCUT2D eigenvalue weighted by atomic mass is 9.86. The molecule has 16 nitrogen and oxygen atoms in total. The molecule has 0 aromatic carbocycles. The Morgan fingerprint density at radius 1 is 0.946 bits per heavy atom. The van der Waals surface area contributed by atoms with Crippen molar-refractivity contribution in [3.63, 3.8) is 0 Å². The van der Waals surface area contributed by atoms with Crippen LogP contribution in [0.1, 0.15) is 19.3 Å². The summed E-state index contributed by atoms with van der Waals surface area (Å²) in [7, 11) is 0. The van der Waals surface area contributed by atoms with Gasteiger partial charge in [-0.15, -0.1) is 0 Å². The lowest BCUT2D eigenvalue weighted by Crippen LogP contribution is -2.64. The van der Waals surface area contributed by atoms with E-state index < -0.39 is 98.2 Å². The van der Waals surface area contributed by atoms with Crippen LogP contribution in [0.2, 0.25) is 0 Å². The maximum Gasteiger partial charge on any atom is 0.249 e. The van der Waals surface area contributed by atoms with Crippen molar-refractivity contribution in [1.29, 1.82) is 0 Å². The van der Waals surface area contributed by atoms with Crippen LogP contribution in [0.3, 0.4) is 0 Å². The molecule has 1 aliphatic carbocycles. The average Bonchev–Trinajstić information content (AvgIpc) is 3.16. The summed E-state index contributed by atoms with van der Waals surface area (Å²) >= 11 is 0. The number of aliphatic hydroxyl groups is 6. The monoisotopic (exact) mass is 539 g/mol. The topological polar surface area (TPSA) is 291 Å². The standard InChI is InChI=1S/C21H41N5O11/c22-2-1-9(28)19(33)26-8-3-7(24)4-10(14(8)29)34-21-17(32)18(12(6-27)36-21)37-20-13(25)16(31)15(30)11(5-23)35-20/h7-18,20-21,27-32H,1-6,22-25H2,(H,26,33)/t7-,8+,9-,10-,11-,12+,13+,14-,15+,16+,17+,18+,20+,21+/m0/s1. The van der Waals surface area contributed by atoms with Gasteiger partial charge < -0.3 is 77.8 Å². The van der Waals surface area contributed by atoms with Crippen LogP contribution in [0.5, 0.6) is 0 Å². The lowest BCUT2D eigenvalue weighted by Gasteiger charge is -2.42. The molecule has 0 spiro atoms. The first-order valence-electron chi connectivity index (χ1n) is 12.4. The number of ether oxygens (including phenoxy) is 4. The molecule has 2 saturated heterocycles. The fraction of sp³-hybridized carbons (Fsp3) is 0.952. The Bertz CT molecular complexity index is 739. The molecular weight excluding hydrogens is 498 g/mol. The zero-order valence-corrected chi connectivity index (χ0v) is 20.4. The quantitative estimate of drug-likeness (QED) is 0.123. The van der Waals surface area contributed by atoms with E-state index in [9.17, 15) is 35.4 Å². The van der Waals surface area contributed by atoms with Crippen molar-refractivity contribution >= 4 is 5.91 Å². The summed E-state index contributed by atoms with van der Waals surface area (Å²) in [6, 6.07) is -2.52. The Morgan fingerprint density at radius 3 is 2.24 bits per heavy atom. The summed E-state index contributed by atoms with van der Waals surface area (Å²) in [6.45, 7) is -0.619. The smallest absolute Gasteiger partial charge is 0.249 e. The first-order valence-corrected chi connectivity index (χ1v) is 12.4. The summed E-state index contributed by atoms with van der Waals surface area (Å²) in [5.74, 6) is -0.708. The maximum absolute atomic E-state index is 12.2. The maximum atomic E-state index is 12.2. The molecule has 0 aromatic rings. The van der Waals surface area contributed by atoms with Crippen LogP contribution in [0.15, 0.2) is 0 Å². The fourth-order valence-electron chi connectivity index (χ4n) is 4.84. The van der Waals surface area contributed by atoms with Crippen LogP contribution in [0, 0.1) is 0 Å². The van der Waals surface area contributed by atoms with Gasteiger partial charge >= 0.3 is 0 Å². The normalized spacial score (nSPS) is 45.5. The molecule has 0 unspecified atom stereocenters. The van der Waals surface area contributed by atoms with Gasteiger partial charge in [0.15, 0.2) is 12.6 Å². The number of hydrogen-bond donors (Lipinski definition) is 11. The second-order valence-corrected chi connectivity index (χ2v) is 9.76. The summed E-state index contributed by atoms with van der Waals surface area (Å²) in [4.78, 5) is 12.2. The molecule has 1 amide bonds. The van der Waals surface area contributed by atoms with Crippen LogP contribution >= 0.6 is 0 Å². The third-order valence-corrected chi connectivity index (χ3v) is 7.01. The number of rotatable bonds is 10. The zero-order valence-electron chi connectivity index (χ0n) is 20.4. The highest BCUT2D eigenvalue weighted by molar-refractivity contribution is 5.80. The molecule has 1 saturated carbocycles.